The van der Waals surface area contributed by atoms with Gasteiger partial charge in [-0.05, 0) is 49.2 Å². The highest BCUT2D eigenvalue weighted by Gasteiger charge is 2.26. The number of Topliss-reactive ketones (excluding diaryl/α,β-unsaturated/α-hetero) is 1. The van der Waals surface area contributed by atoms with Gasteiger partial charge in [0.15, 0.2) is 10.9 Å². The minimum absolute atomic E-state index is 0.0467. The van der Waals surface area contributed by atoms with Crippen molar-refractivity contribution in [2.45, 2.75) is 49.9 Å². The number of hydrogen-bond donors (Lipinski definition) is 3. The van der Waals surface area contributed by atoms with E-state index in [1.54, 1.807) is 12.3 Å². The number of tetrazole rings is 1. The van der Waals surface area contributed by atoms with Crippen molar-refractivity contribution in [1.82, 2.24) is 25.6 Å². The molecule has 2 heterocycles. The number of anilines is 2. The van der Waals surface area contributed by atoms with E-state index in [0.29, 0.717) is 21.5 Å². The molecule has 1 aliphatic rings. The first-order valence-electron chi connectivity index (χ1n) is 10.1. The molecule has 3 N–H and O–H groups in total. The predicted molar refractivity (Wildman–Crippen MR) is 121 cm³/mol. The Labute approximate surface area is 187 Å². The molecule has 0 bridgehead atoms. The number of aryl methyl sites for hydroxylation is 1. The Morgan fingerprint density at radius 1 is 1.26 bits per heavy atom. The molecule has 1 aliphatic carbocycles. The number of rotatable bonds is 7. The van der Waals surface area contributed by atoms with Gasteiger partial charge in [0.05, 0.1) is 5.69 Å². The number of H-pyrrole nitrogens is 1. The number of amides is 2. The van der Waals surface area contributed by atoms with E-state index in [4.69, 9.17) is 0 Å². The molecule has 1 saturated carbocycles. The minimum atomic E-state index is -0.426. The van der Waals surface area contributed by atoms with Crippen LogP contribution < -0.4 is 10.6 Å². The second-order valence-electron chi connectivity index (χ2n) is 7.51. The lowest BCUT2D eigenvalue weighted by Crippen LogP contribution is -2.22. The molecule has 3 aromatic rings. The number of hydrogen-bond acceptors (Lipinski definition) is 8. The Morgan fingerprint density at radius 2 is 2.06 bits per heavy atom. The highest BCUT2D eigenvalue weighted by atomic mass is 32.2. The van der Waals surface area contributed by atoms with Crippen LogP contribution in [0.3, 0.4) is 0 Å². The number of thioether (sulfide) groups is 1. The number of urea groups is 1. The molecule has 0 aliphatic heterocycles. The number of aromatic amines is 1. The monoisotopic (exact) mass is 457 g/mol. The molecule has 1 aromatic carbocycles. The number of aromatic nitrogens is 5. The van der Waals surface area contributed by atoms with Crippen molar-refractivity contribution in [3.63, 3.8) is 0 Å². The Morgan fingerprint density at radius 3 is 2.81 bits per heavy atom. The van der Waals surface area contributed by atoms with E-state index in [9.17, 15) is 9.59 Å². The molecule has 2 aromatic heterocycles. The van der Waals surface area contributed by atoms with E-state index in [1.807, 2.05) is 26.0 Å². The number of thiazole rings is 1. The third-order valence-corrected chi connectivity index (χ3v) is 7.42. The van der Waals surface area contributed by atoms with Crippen molar-refractivity contribution in [1.29, 1.82) is 0 Å². The summed E-state index contributed by atoms with van der Waals surface area (Å²) in [5, 5.41) is 20.4. The van der Waals surface area contributed by atoms with Crippen molar-refractivity contribution in [2.75, 3.05) is 10.6 Å². The van der Waals surface area contributed by atoms with Crippen molar-refractivity contribution >= 4 is 45.7 Å². The van der Waals surface area contributed by atoms with Crippen LogP contribution in [-0.4, -0.2) is 37.4 Å². The Balaban J connectivity index is 1.41. The summed E-state index contributed by atoms with van der Waals surface area (Å²) < 4.78 is 0. The van der Waals surface area contributed by atoms with Gasteiger partial charge < -0.3 is 5.32 Å². The first kappa shape index (κ1) is 21.4. The van der Waals surface area contributed by atoms with E-state index in [1.165, 1.54) is 23.1 Å². The summed E-state index contributed by atoms with van der Waals surface area (Å²) in [5.74, 6) is 0.159. The summed E-state index contributed by atoms with van der Waals surface area (Å²) in [7, 11) is 0. The largest absolute Gasteiger partial charge is 0.325 e. The molecule has 1 unspecified atom stereocenters. The lowest BCUT2D eigenvalue weighted by molar-refractivity contribution is 0.0923. The average Bonchev–Trinajstić information content (AvgIpc) is 3.51. The molecule has 1 atom stereocenters. The normalized spacial score (nSPS) is 15.0. The van der Waals surface area contributed by atoms with Gasteiger partial charge >= 0.3 is 6.03 Å². The minimum Gasteiger partial charge on any atom is -0.307 e. The van der Waals surface area contributed by atoms with Crippen LogP contribution in [0.15, 0.2) is 29.6 Å². The van der Waals surface area contributed by atoms with Gasteiger partial charge in [-0.15, -0.1) is 16.4 Å². The van der Waals surface area contributed by atoms with Crippen molar-refractivity contribution < 1.29 is 9.59 Å². The highest BCUT2D eigenvalue weighted by Crippen LogP contribution is 2.36. The van der Waals surface area contributed by atoms with Gasteiger partial charge in [-0.1, -0.05) is 36.2 Å². The van der Waals surface area contributed by atoms with Crippen LogP contribution in [0, 0.1) is 12.8 Å². The zero-order chi connectivity index (χ0) is 21.8. The van der Waals surface area contributed by atoms with Gasteiger partial charge in [-0.25, -0.2) is 14.9 Å². The van der Waals surface area contributed by atoms with Gasteiger partial charge in [0.2, 0.25) is 5.16 Å². The van der Waals surface area contributed by atoms with Crippen molar-refractivity contribution in [2.24, 2.45) is 5.92 Å². The molecule has 11 heteroatoms. The molecule has 31 heavy (non-hydrogen) atoms. The molecule has 2 amide bonds. The third-order valence-electron chi connectivity index (χ3n) is 5.17. The van der Waals surface area contributed by atoms with Crippen LogP contribution >= 0.6 is 23.1 Å². The van der Waals surface area contributed by atoms with Crippen LogP contribution in [0.25, 0.3) is 0 Å². The van der Waals surface area contributed by atoms with Crippen LogP contribution in [0.4, 0.5) is 15.6 Å². The molecule has 9 nitrogen and oxygen atoms in total. The smallest absolute Gasteiger partial charge is 0.307 e. The first-order valence-corrected chi connectivity index (χ1v) is 11.8. The zero-order valence-electron chi connectivity index (χ0n) is 17.2. The maximum absolute atomic E-state index is 13.0. The van der Waals surface area contributed by atoms with Crippen LogP contribution in [0.5, 0.6) is 0 Å². The quantitative estimate of drug-likeness (QED) is 0.342. The zero-order valence-corrected chi connectivity index (χ0v) is 18.8. The molecule has 0 radical (unpaired) electrons. The highest BCUT2D eigenvalue weighted by molar-refractivity contribution is 7.99. The summed E-state index contributed by atoms with van der Waals surface area (Å²) >= 11 is 2.85. The van der Waals surface area contributed by atoms with Gasteiger partial charge in [0, 0.05) is 27.8 Å². The molecular formula is C20H23N7O2S2. The van der Waals surface area contributed by atoms with Gasteiger partial charge in [0.1, 0.15) is 0 Å². The molecule has 1 fully saturated rings. The predicted octanol–water partition coefficient (Wildman–Crippen LogP) is 4.83. The fourth-order valence-electron chi connectivity index (χ4n) is 3.59. The molecule has 0 saturated heterocycles. The Kier molecular flexibility index (Phi) is 6.62. The average molecular weight is 458 g/mol. The Hall–Kier alpha value is -2.79. The van der Waals surface area contributed by atoms with E-state index in [-0.39, 0.29) is 17.0 Å². The van der Waals surface area contributed by atoms with Gasteiger partial charge in [-0.3, -0.25) is 10.1 Å². The second kappa shape index (κ2) is 9.56. The molecular weight excluding hydrogens is 434 g/mol. The van der Waals surface area contributed by atoms with E-state index in [2.05, 4.69) is 36.2 Å². The van der Waals surface area contributed by atoms with E-state index >= 15 is 0 Å². The summed E-state index contributed by atoms with van der Waals surface area (Å²) in [6.07, 6.45) is 5.73. The standard InChI is InChI=1S/C20H23N7O2S2/c1-11-7-8-15(14(9-11)17(28)13-5-3-4-6-13)22-18(29)23-19-21-10-16(31-19)12(2)30-20-24-26-27-25-20/h7-10,12-13H,3-6H2,1-2H3,(H2,21,22,23,29)(H,24,25,26,27). The third kappa shape index (κ3) is 5.28. The lowest BCUT2D eigenvalue weighted by atomic mass is 9.94. The topological polar surface area (TPSA) is 126 Å². The van der Waals surface area contributed by atoms with Crippen LogP contribution in [0.1, 0.15) is 58.7 Å². The number of ketones is 1. The number of nitrogens with one attached hydrogen (secondary N) is 3. The molecule has 162 valence electrons. The molecule has 4 rings (SSSR count). The maximum Gasteiger partial charge on any atom is 0.325 e. The van der Waals surface area contributed by atoms with Gasteiger partial charge in [0.25, 0.3) is 0 Å². The summed E-state index contributed by atoms with van der Waals surface area (Å²) in [5.41, 5.74) is 2.09. The number of carbonyl (C=O) groups is 2. The van der Waals surface area contributed by atoms with Gasteiger partial charge in [-0.2, -0.15) is 0 Å². The second-order valence-corrected chi connectivity index (χ2v) is 9.90. The first-order chi connectivity index (χ1) is 15.0. The van der Waals surface area contributed by atoms with E-state index < -0.39 is 6.03 Å². The fraction of sp³-hybridized carbons (Fsp3) is 0.400. The van der Waals surface area contributed by atoms with Crippen molar-refractivity contribution in [3.8, 4) is 0 Å². The fourth-order valence-corrected chi connectivity index (χ4v) is 5.31. The number of carbonyl (C=O) groups excluding carboxylic acids is 2. The number of benzene rings is 1. The van der Waals surface area contributed by atoms with E-state index in [0.717, 1.165) is 36.1 Å². The van der Waals surface area contributed by atoms with Crippen LogP contribution in [0.2, 0.25) is 0 Å². The maximum atomic E-state index is 13.0. The SMILES string of the molecule is Cc1ccc(NC(=O)Nc2ncc(C(C)Sc3nnn[nH]3)s2)c(C(=O)C2CCCC2)c1. The lowest BCUT2D eigenvalue weighted by Gasteiger charge is -2.14. The Bertz CT molecular complexity index is 1060. The summed E-state index contributed by atoms with van der Waals surface area (Å²) in [6, 6.07) is 5.11. The van der Waals surface area contributed by atoms with Crippen molar-refractivity contribution in [3.05, 3.63) is 40.4 Å². The summed E-state index contributed by atoms with van der Waals surface area (Å²) in [6.45, 7) is 3.96. The number of nitrogens with zero attached hydrogens (tertiary/aromatic N) is 4. The van der Waals surface area contributed by atoms with Crippen LogP contribution in [-0.2, 0) is 0 Å². The molecule has 0 spiro atoms. The summed E-state index contributed by atoms with van der Waals surface area (Å²) in [4.78, 5) is 30.8.